The predicted molar refractivity (Wildman–Crippen MR) is 61.0 cm³/mol. The zero-order chi connectivity index (χ0) is 12.1. The van der Waals surface area contributed by atoms with Crippen LogP contribution in [0.2, 0.25) is 5.02 Å². The number of benzene rings is 1. The van der Waals surface area contributed by atoms with Crippen LogP contribution < -0.4 is 11.2 Å². The minimum Gasteiger partial charge on any atom is -0.361 e. The van der Waals surface area contributed by atoms with Gasteiger partial charge in [-0.2, -0.15) is 5.10 Å². The van der Waals surface area contributed by atoms with E-state index in [0.29, 0.717) is 16.3 Å². The Labute approximate surface area is 97.3 Å². The number of nitrogens with zero attached hydrogens (tertiary/aromatic N) is 1. The Kier molecular flexibility index (Phi) is 4.02. The summed E-state index contributed by atoms with van der Waals surface area (Å²) in [5.41, 5.74) is 7.93. The molecule has 1 aromatic rings. The number of nitrogens with one attached hydrogen (secondary N) is 1. The van der Waals surface area contributed by atoms with Gasteiger partial charge in [0.2, 0.25) is 0 Å². The molecule has 1 rings (SSSR count). The minimum absolute atomic E-state index is 0.486. The van der Waals surface area contributed by atoms with Crippen molar-refractivity contribution >= 4 is 29.1 Å². The number of halogens is 1. The zero-order valence-corrected chi connectivity index (χ0v) is 9.28. The maximum Gasteiger partial charge on any atom is 0.329 e. The molecule has 0 aliphatic heterocycles. The van der Waals surface area contributed by atoms with Gasteiger partial charge in [-0.25, -0.2) is 5.43 Å². The van der Waals surface area contributed by atoms with E-state index < -0.39 is 11.8 Å². The van der Waals surface area contributed by atoms with Crippen molar-refractivity contribution < 1.29 is 9.59 Å². The number of hydrazone groups is 1. The molecular weight excluding hydrogens is 230 g/mol. The number of carbonyl (C=O) groups is 2. The van der Waals surface area contributed by atoms with Gasteiger partial charge in [-0.05, 0) is 13.0 Å². The fourth-order valence-corrected chi connectivity index (χ4v) is 1.28. The number of hydrogen-bond donors (Lipinski definition) is 2. The standard InChI is InChI=1S/C10H10ClN3O2/c1-6(13-14-10(16)9(12)15)7-4-2-3-5-8(7)11/h2-5H,1H3,(H2,12,15)(H,14,16). The van der Waals surface area contributed by atoms with Crippen LogP contribution in [0.3, 0.4) is 0 Å². The van der Waals surface area contributed by atoms with Crippen molar-refractivity contribution in [2.24, 2.45) is 10.8 Å². The summed E-state index contributed by atoms with van der Waals surface area (Å²) in [6.45, 7) is 1.66. The number of amides is 2. The summed E-state index contributed by atoms with van der Waals surface area (Å²) in [5.74, 6) is -2.05. The second kappa shape index (κ2) is 5.27. The van der Waals surface area contributed by atoms with E-state index in [1.807, 2.05) is 5.43 Å². The van der Waals surface area contributed by atoms with Gasteiger partial charge in [0.15, 0.2) is 0 Å². The topological polar surface area (TPSA) is 84.6 Å². The quantitative estimate of drug-likeness (QED) is 0.452. The van der Waals surface area contributed by atoms with E-state index >= 15 is 0 Å². The van der Waals surface area contributed by atoms with E-state index in [-0.39, 0.29) is 0 Å². The molecule has 0 atom stereocenters. The molecule has 0 unspecified atom stereocenters. The van der Waals surface area contributed by atoms with Crippen LogP contribution in [-0.2, 0) is 9.59 Å². The summed E-state index contributed by atoms with van der Waals surface area (Å²) in [4.78, 5) is 21.3. The van der Waals surface area contributed by atoms with Crippen LogP contribution in [0.25, 0.3) is 0 Å². The Morgan fingerprint density at radius 2 is 2.00 bits per heavy atom. The lowest BCUT2D eigenvalue weighted by atomic mass is 10.1. The van der Waals surface area contributed by atoms with Crippen molar-refractivity contribution in [3.05, 3.63) is 34.9 Å². The lowest BCUT2D eigenvalue weighted by Crippen LogP contribution is -2.33. The number of carbonyl (C=O) groups excluding carboxylic acids is 2. The third kappa shape index (κ3) is 3.06. The van der Waals surface area contributed by atoms with Crippen LogP contribution in [0.4, 0.5) is 0 Å². The van der Waals surface area contributed by atoms with Crippen molar-refractivity contribution in [3.8, 4) is 0 Å². The number of nitrogens with two attached hydrogens (primary N) is 1. The van der Waals surface area contributed by atoms with Gasteiger partial charge in [-0.3, -0.25) is 9.59 Å². The second-order valence-electron chi connectivity index (χ2n) is 2.98. The number of primary amides is 1. The maximum atomic E-state index is 10.8. The first-order valence-corrected chi connectivity index (χ1v) is 4.79. The SMILES string of the molecule is CC(=NNC(=O)C(N)=O)c1ccccc1Cl. The molecule has 0 aliphatic rings. The lowest BCUT2D eigenvalue weighted by molar-refractivity contribution is -0.137. The Balaban J connectivity index is 2.83. The third-order valence-electron chi connectivity index (χ3n) is 1.81. The summed E-state index contributed by atoms with van der Waals surface area (Å²) in [7, 11) is 0. The van der Waals surface area contributed by atoms with Crippen molar-refractivity contribution in [1.29, 1.82) is 0 Å². The molecule has 0 aliphatic carbocycles. The van der Waals surface area contributed by atoms with Crippen molar-refractivity contribution in [1.82, 2.24) is 5.43 Å². The molecule has 16 heavy (non-hydrogen) atoms. The van der Waals surface area contributed by atoms with E-state index in [0.717, 1.165) is 0 Å². The molecule has 0 saturated carbocycles. The predicted octanol–water partition coefficient (Wildman–Crippen LogP) is 0.666. The molecule has 1 aromatic carbocycles. The molecule has 5 nitrogen and oxygen atoms in total. The normalized spacial score (nSPS) is 11.0. The molecule has 0 heterocycles. The van der Waals surface area contributed by atoms with Gasteiger partial charge >= 0.3 is 11.8 Å². The number of rotatable bonds is 2. The summed E-state index contributed by atoms with van der Waals surface area (Å²) >= 11 is 5.91. The van der Waals surface area contributed by atoms with E-state index in [4.69, 9.17) is 17.3 Å². The highest BCUT2D eigenvalue weighted by molar-refractivity contribution is 6.35. The average molecular weight is 240 g/mol. The van der Waals surface area contributed by atoms with Gasteiger partial charge < -0.3 is 5.73 Å². The van der Waals surface area contributed by atoms with Gasteiger partial charge in [0.05, 0.1) is 5.71 Å². The largest absolute Gasteiger partial charge is 0.361 e. The Morgan fingerprint density at radius 3 is 2.56 bits per heavy atom. The molecule has 0 saturated heterocycles. The van der Waals surface area contributed by atoms with Crippen LogP contribution in [0.15, 0.2) is 29.4 Å². The van der Waals surface area contributed by atoms with E-state index in [2.05, 4.69) is 5.10 Å². The highest BCUT2D eigenvalue weighted by Crippen LogP contribution is 2.15. The summed E-state index contributed by atoms with van der Waals surface area (Å²) in [6.07, 6.45) is 0. The molecule has 84 valence electrons. The molecule has 0 aromatic heterocycles. The van der Waals surface area contributed by atoms with Gasteiger partial charge in [0, 0.05) is 10.6 Å². The molecule has 0 spiro atoms. The molecule has 0 fully saturated rings. The lowest BCUT2D eigenvalue weighted by Gasteiger charge is -2.03. The highest BCUT2D eigenvalue weighted by Gasteiger charge is 2.07. The molecule has 0 bridgehead atoms. The van der Waals surface area contributed by atoms with Crippen molar-refractivity contribution in [2.75, 3.05) is 0 Å². The molecule has 6 heteroatoms. The van der Waals surface area contributed by atoms with Gasteiger partial charge in [0.1, 0.15) is 0 Å². The zero-order valence-electron chi connectivity index (χ0n) is 8.53. The van der Waals surface area contributed by atoms with Crippen molar-refractivity contribution in [2.45, 2.75) is 6.92 Å². The van der Waals surface area contributed by atoms with E-state index in [1.165, 1.54) is 0 Å². The van der Waals surface area contributed by atoms with Gasteiger partial charge in [-0.1, -0.05) is 29.8 Å². The fourth-order valence-electron chi connectivity index (χ4n) is 1.00. The van der Waals surface area contributed by atoms with Crippen LogP contribution in [0.1, 0.15) is 12.5 Å². The molecule has 3 N–H and O–H groups in total. The summed E-state index contributed by atoms with van der Waals surface area (Å²) in [5, 5.41) is 4.22. The van der Waals surface area contributed by atoms with Crippen LogP contribution in [0.5, 0.6) is 0 Å². The molecule has 2 amide bonds. The monoisotopic (exact) mass is 239 g/mol. The van der Waals surface area contributed by atoms with Crippen LogP contribution in [0, 0.1) is 0 Å². The van der Waals surface area contributed by atoms with Gasteiger partial charge in [0.25, 0.3) is 0 Å². The van der Waals surface area contributed by atoms with Crippen LogP contribution >= 0.6 is 11.6 Å². The van der Waals surface area contributed by atoms with Gasteiger partial charge in [-0.15, -0.1) is 0 Å². The third-order valence-corrected chi connectivity index (χ3v) is 2.14. The minimum atomic E-state index is -1.09. The first kappa shape index (κ1) is 12.2. The average Bonchev–Trinajstić information content (AvgIpc) is 2.25. The second-order valence-corrected chi connectivity index (χ2v) is 3.39. The first-order chi connectivity index (χ1) is 7.52. The Bertz CT molecular complexity index is 457. The smallest absolute Gasteiger partial charge is 0.329 e. The van der Waals surface area contributed by atoms with Crippen molar-refractivity contribution in [3.63, 3.8) is 0 Å². The summed E-state index contributed by atoms with van der Waals surface area (Å²) in [6, 6.07) is 7.01. The Hall–Kier alpha value is -1.88. The van der Waals surface area contributed by atoms with Crippen LogP contribution in [-0.4, -0.2) is 17.5 Å². The fraction of sp³-hybridized carbons (Fsp3) is 0.100. The van der Waals surface area contributed by atoms with E-state index in [1.54, 1.807) is 31.2 Å². The highest BCUT2D eigenvalue weighted by atomic mass is 35.5. The summed E-state index contributed by atoms with van der Waals surface area (Å²) < 4.78 is 0. The van der Waals surface area contributed by atoms with E-state index in [9.17, 15) is 9.59 Å². The molecule has 0 radical (unpaired) electrons. The molecular formula is C10H10ClN3O2. The number of hydrogen-bond acceptors (Lipinski definition) is 3. The first-order valence-electron chi connectivity index (χ1n) is 4.41. The maximum absolute atomic E-state index is 10.8. The Morgan fingerprint density at radius 1 is 1.38 bits per heavy atom.